The van der Waals surface area contributed by atoms with Gasteiger partial charge in [0.15, 0.2) is 0 Å². The van der Waals surface area contributed by atoms with E-state index in [9.17, 15) is 0 Å². The van der Waals surface area contributed by atoms with Crippen molar-refractivity contribution in [2.24, 2.45) is 11.7 Å². The number of benzene rings is 1. The summed E-state index contributed by atoms with van der Waals surface area (Å²) in [6.07, 6.45) is 4.84. The van der Waals surface area contributed by atoms with Crippen molar-refractivity contribution in [1.29, 1.82) is 0 Å². The monoisotopic (exact) mass is 285 g/mol. The Hall–Kier alpha value is -1.65. The highest BCUT2D eigenvalue weighted by Crippen LogP contribution is 2.27. The van der Waals surface area contributed by atoms with Gasteiger partial charge in [0.25, 0.3) is 0 Å². The molecule has 0 saturated carbocycles. The maximum Gasteiger partial charge on any atom is 0.0948 e. The minimum absolute atomic E-state index is 0.0120. The molecule has 3 atom stereocenters. The predicted molar refractivity (Wildman–Crippen MR) is 82.9 cm³/mol. The van der Waals surface area contributed by atoms with Gasteiger partial charge in [0.2, 0.25) is 0 Å². The summed E-state index contributed by atoms with van der Waals surface area (Å²) in [6.45, 7) is 4.73. The summed E-state index contributed by atoms with van der Waals surface area (Å²) in [5.74, 6) is 0.846. The fraction of sp³-hybridized carbons (Fsp3) is 0.471. The van der Waals surface area contributed by atoms with Crippen LogP contribution in [0.5, 0.6) is 0 Å². The number of aromatic nitrogens is 2. The van der Waals surface area contributed by atoms with Crippen molar-refractivity contribution in [3.8, 4) is 0 Å². The van der Waals surface area contributed by atoms with Crippen molar-refractivity contribution in [3.63, 3.8) is 0 Å². The highest BCUT2D eigenvalue weighted by molar-refractivity contribution is 5.19. The van der Waals surface area contributed by atoms with Gasteiger partial charge >= 0.3 is 0 Å². The van der Waals surface area contributed by atoms with Crippen LogP contribution in [0.2, 0.25) is 0 Å². The Morgan fingerprint density at radius 1 is 1.38 bits per heavy atom. The van der Waals surface area contributed by atoms with Crippen molar-refractivity contribution in [2.45, 2.75) is 31.8 Å². The van der Waals surface area contributed by atoms with Crippen LogP contribution >= 0.6 is 0 Å². The van der Waals surface area contributed by atoms with Crippen molar-refractivity contribution >= 4 is 0 Å². The van der Waals surface area contributed by atoms with Crippen LogP contribution in [0.15, 0.2) is 42.9 Å². The molecule has 2 aromatic rings. The molecule has 1 aliphatic rings. The lowest BCUT2D eigenvalue weighted by Gasteiger charge is -2.21. The Bertz CT molecular complexity index is 560. The lowest BCUT2D eigenvalue weighted by atomic mass is 9.96. The smallest absolute Gasteiger partial charge is 0.0948 e. The number of hydrogen-bond acceptors (Lipinski definition) is 3. The minimum atomic E-state index is 0.0120. The lowest BCUT2D eigenvalue weighted by Crippen LogP contribution is -2.25. The van der Waals surface area contributed by atoms with Crippen LogP contribution < -0.4 is 5.73 Å². The zero-order valence-electron chi connectivity index (χ0n) is 12.5. The number of imidazole rings is 1. The number of hydrogen-bond donors (Lipinski definition) is 1. The largest absolute Gasteiger partial charge is 0.381 e. The molecular weight excluding hydrogens is 262 g/mol. The zero-order chi connectivity index (χ0) is 14.7. The first-order valence-corrected chi connectivity index (χ1v) is 7.64. The van der Waals surface area contributed by atoms with E-state index in [4.69, 9.17) is 10.5 Å². The number of rotatable bonds is 5. The molecule has 4 nitrogen and oxygen atoms in total. The van der Waals surface area contributed by atoms with E-state index in [1.54, 1.807) is 0 Å². The van der Waals surface area contributed by atoms with E-state index in [-0.39, 0.29) is 6.04 Å². The van der Waals surface area contributed by atoms with E-state index in [0.717, 1.165) is 31.9 Å². The van der Waals surface area contributed by atoms with Gasteiger partial charge in [-0.2, -0.15) is 0 Å². The summed E-state index contributed by atoms with van der Waals surface area (Å²) in [5, 5.41) is 0. The second kappa shape index (κ2) is 6.41. The third kappa shape index (κ3) is 3.17. The Balaban J connectivity index is 1.73. The first-order chi connectivity index (χ1) is 10.3. The van der Waals surface area contributed by atoms with Crippen molar-refractivity contribution in [3.05, 3.63) is 54.1 Å². The molecule has 0 bridgehead atoms. The van der Waals surface area contributed by atoms with Crippen LogP contribution in [0.3, 0.4) is 0 Å². The average molecular weight is 285 g/mol. The zero-order valence-corrected chi connectivity index (χ0v) is 12.5. The average Bonchev–Trinajstić information content (AvgIpc) is 3.19. The first-order valence-electron chi connectivity index (χ1n) is 7.64. The predicted octanol–water partition coefficient (Wildman–Crippen LogP) is 2.72. The summed E-state index contributed by atoms with van der Waals surface area (Å²) in [5.41, 5.74) is 8.88. The van der Waals surface area contributed by atoms with Gasteiger partial charge in [-0.3, -0.25) is 0 Å². The van der Waals surface area contributed by atoms with E-state index in [1.807, 2.05) is 12.5 Å². The molecule has 0 amide bonds. The van der Waals surface area contributed by atoms with Gasteiger partial charge < -0.3 is 15.0 Å². The molecule has 1 aliphatic heterocycles. The third-order valence-electron chi connectivity index (χ3n) is 4.40. The highest BCUT2D eigenvalue weighted by Gasteiger charge is 2.26. The quantitative estimate of drug-likeness (QED) is 0.919. The normalized spacial score (nSPS) is 21.3. The first kappa shape index (κ1) is 14.3. The number of ether oxygens (including phenoxy) is 1. The highest BCUT2D eigenvalue weighted by atomic mass is 16.5. The molecule has 1 aromatic heterocycles. The van der Waals surface area contributed by atoms with Crippen molar-refractivity contribution in [1.82, 2.24) is 9.55 Å². The van der Waals surface area contributed by atoms with Crippen LogP contribution in [0.25, 0.3) is 0 Å². The molecular formula is C17H23N3O. The summed E-state index contributed by atoms with van der Waals surface area (Å²) < 4.78 is 7.65. The van der Waals surface area contributed by atoms with Gasteiger partial charge in [0, 0.05) is 25.3 Å². The molecule has 2 N–H and O–H groups in total. The topological polar surface area (TPSA) is 53.1 Å². The molecule has 112 valence electrons. The molecule has 3 rings (SSSR count). The standard InChI is InChI=1S/C17H23N3O/c1-13(14-5-3-2-4-6-14)10-20-12-19-9-16(20)17(18)15-7-8-21-11-15/h2-6,9,12-13,15,17H,7-8,10-11,18H2,1H3. The molecule has 0 radical (unpaired) electrons. The Kier molecular flexibility index (Phi) is 4.36. The molecule has 3 unspecified atom stereocenters. The Labute approximate surface area is 125 Å². The van der Waals surface area contributed by atoms with E-state index in [0.29, 0.717) is 11.8 Å². The van der Waals surface area contributed by atoms with E-state index in [2.05, 4.69) is 46.8 Å². The van der Waals surface area contributed by atoms with Crippen LogP contribution in [0, 0.1) is 5.92 Å². The van der Waals surface area contributed by atoms with Gasteiger partial charge in [-0.05, 0) is 17.9 Å². The second-order valence-electron chi connectivity index (χ2n) is 5.93. The Morgan fingerprint density at radius 3 is 2.90 bits per heavy atom. The van der Waals surface area contributed by atoms with Gasteiger partial charge in [-0.1, -0.05) is 37.3 Å². The van der Waals surface area contributed by atoms with Crippen LogP contribution in [-0.2, 0) is 11.3 Å². The molecule has 1 aromatic carbocycles. The maximum atomic E-state index is 6.42. The fourth-order valence-electron chi connectivity index (χ4n) is 3.02. The van der Waals surface area contributed by atoms with Gasteiger partial charge in [0.05, 0.1) is 24.7 Å². The maximum absolute atomic E-state index is 6.42. The van der Waals surface area contributed by atoms with Crippen LogP contribution in [0.1, 0.15) is 36.6 Å². The molecule has 2 heterocycles. The molecule has 1 fully saturated rings. The van der Waals surface area contributed by atoms with Crippen molar-refractivity contribution in [2.75, 3.05) is 13.2 Å². The molecule has 0 spiro atoms. The van der Waals surface area contributed by atoms with Crippen LogP contribution in [-0.4, -0.2) is 22.8 Å². The summed E-state index contributed by atoms with van der Waals surface area (Å²) in [6, 6.07) is 10.6. The van der Waals surface area contributed by atoms with Gasteiger partial charge in [-0.25, -0.2) is 4.98 Å². The van der Waals surface area contributed by atoms with E-state index >= 15 is 0 Å². The molecule has 4 heteroatoms. The summed E-state index contributed by atoms with van der Waals surface area (Å²) in [7, 11) is 0. The minimum Gasteiger partial charge on any atom is -0.381 e. The Morgan fingerprint density at radius 2 is 2.19 bits per heavy atom. The molecule has 21 heavy (non-hydrogen) atoms. The number of nitrogens with two attached hydrogens (primary N) is 1. The molecule has 1 saturated heterocycles. The molecule has 0 aliphatic carbocycles. The third-order valence-corrected chi connectivity index (χ3v) is 4.40. The van der Waals surface area contributed by atoms with Gasteiger partial charge in [0.1, 0.15) is 0 Å². The second-order valence-corrected chi connectivity index (χ2v) is 5.93. The van der Waals surface area contributed by atoms with E-state index in [1.165, 1.54) is 5.56 Å². The number of nitrogens with zero attached hydrogens (tertiary/aromatic N) is 2. The van der Waals surface area contributed by atoms with E-state index < -0.39 is 0 Å². The summed E-state index contributed by atoms with van der Waals surface area (Å²) in [4.78, 5) is 4.30. The van der Waals surface area contributed by atoms with Crippen molar-refractivity contribution < 1.29 is 4.74 Å². The van der Waals surface area contributed by atoms with Crippen LogP contribution in [0.4, 0.5) is 0 Å². The SMILES string of the molecule is CC(Cn1cncc1C(N)C1CCOC1)c1ccccc1. The fourth-order valence-corrected chi connectivity index (χ4v) is 3.02. The lowest BCUT2D eigenvalue weighted by molar-refractivity contribution is 0.180. The summed E-state index contributed by atoms with van der Waals surface area (Å²) >= 11 is 0. The van der Waals surface area contributed by atoms with Gasteiger partial charge in [-0.15, -0.1) is 0 Å².